The Hall–Kier alpha value is -0.460. The van der Waals surface area contributed by atoms with Crippen molar-refractivity contribution in [3.8, 4) is 0 Å². The normalized spacial score (nSPS) is 25.0. The lowest BCUT2D eigenvalue weighted by Gasteiger charge is -2.23. The second-order valence-electron chi connectivity index (χ2n) is 7.00. The summed E-state index contributed by atoms with van der Waals surface area (Å²) in [6.45, 7) is 2.48. The Balaban J connectivity index is 1.97. The summed E-state index contributed by atoms with van der Waals surface area (Å²) in [5.74, 6) is 0. The molecule has 4 atom stereocenters. The first-order chi connectivity index (χ1) is 12.2. The highest BCUT2D eigenvalue weighted by molar-refractivity contribution is 4.89. The minimum Gasteiger partial charge on any atom is -0.394 e. The van der Waals surface area contributed by atoms with Gasteiger partial charge < -0.3 is 24.8 Å². The molecular formula is C20H38O5. The standard InChI is InChI=1S/C20H38O5/c1-2-3-4-5-6-7-8-9-10-11-12-13-14-24-18(15-21)20-19(23)17(22)16-25-20/h12-13,17-23H,2-11,14-16H2,1H3/b13-12+/t17-,18+,19+,20+/m1/s1. The van der Waals surface area contributed by atoms with E-state index >= 15 is 0 Å². The number of aliphatic hydroxyl groups excluding tert-OH is 3. The molecule has 0 amide bonds. The molecule has 1 heterocycles. The lowest BCUT2D eigenvalue weighted by Crippen LogP contribution is -2.42. The van der Waals surface area contributed by atoms with Gasteiger partial charge in [0.25, 0.3) is 0 Å². The molecule has 0 saturated carbocycles. The topological polar surface area (TPSA) is 79.2 Å². The fraction of sp³-hybridized carbons (Fsp3) is 0.900. The second kappa shape index (κ2) is 14.7. The van der Waals surface area contributed by atoms with Gasteiger partial charge in [0.05, 0.1) is 19.8 Å². The third-order valence-electron chi connectivity index (χ3n) is 4.78. The van der Waals surface area contributed by atoms with Crippen molar-refractivity contribution in [1.82, 2.24) is 0 Å². The predicted molar refractivity (Wildman–Crippen MR) is 99.6 cm³/mol. The van der Waals surface area contributed by atoms with E-state index in [-0.39, 0.29) is 13.2 Å². The van der Waals surface area contributed by atoms with Gasteiger partial charge in [0, 0.05) is 0 Å². The Morgan fingerprint density at radius 3 is 2.20 bits per heavy atom. The summed E-state index contributed by atoms with van der Waals surface area (Å²) in [6.07, 6.45) is 13.9. The molecule has 0 bridgehead atoms. The van der Waals surface area contributed by atoms with Gasteiger partial charge in [-0.25, -0.2) is 0 Å². The van der Waals surface area contributed by atoms with Crippen molar-refractivity contribution >= 4 is 0 Å². The Morgan fingerprint density at radius 1 is 1.00 bits per heavy atom. The molecule has 0 aromatic heterocycles. The Bertz CT molecular complexity index is 334. The minimum absolute atomic E-state index is 0.0835. The van der Waals surface area contributed by atoms with Crippen molar-refractivity contribution in [3.63, 3.8) is 0 Å². The zero-order valence-electron chi connectivity index (χ0n) is 15.8. The van der Waals surface area contributed by atoms with Gasteiger partial charge in [0.1, 0.15) is 24.4 Å². The number of aliphatic hydroxyl groups is 3. The maximum atomic E-state index is 9.78. The van der Waals surface area contributed by atoms with Crippen LogP contribution in [0.4, 0.5) is 0 Å². The van der Waals surface area contributed by atoms with Crippen LogP contribution in [0.25, 0.3) is 0 Å². The van der Waals surface area contributed by atoms with Crippen molar-refractivity contribution in [1.29, 1.82) is 0 Å². The van der Waals surface area contributed by atoms with Crippen LogP contribution in [0.3, 0.4) is 0 Å². The zero-order chi connectivity index (χ0) is 18.3. The van der Waals surface area contributed by atoms with Gasteiger partial charge in [0.15, 0.2) is 0 Å². The van der Waals surface area contributed by atoms with Gasteiger partial charge in [-0.05, 0) is 12.8 Å². The van der Waals surface area contributed by atoms with Gasteiger partial charge in [-0.1, -0.05) is 70.4 Å². The molecule has 0 unspecified atom stereocenters. The van der Waals surface area contributed by atoms with Crippen LogP contribution in [0.5, 0.6) is 0 Å². The molecule has 5 heteroatoms. The summed E-state index contributed by atoms with van der Waals surface area (Å²) in [6, 6.07) is 0. The third-order valence-corrected chi connectivity index (χ3v) is 4.78. The fourth-order valence-electron chi connectivity index (χ4n) is 3.14. The summed E-state index contributed by atoms with van der Waals surface area (Å²) in [4.78, 5) is 0. The molecule has 148 valence electrons. The molecule has 0 radical (unpaired) electrons. The van der Waals surface area contributed by atoms with Gasteiger partial charge in [0.2, 0.25) is 0 Å². The summed E-state index contributed by atoms with van der Waals surface area (Å²) in [5, 5.41) is 28.6. The summed E-state index contributed by atoms with van der Waals surface area (Å²) >= 11 is 0. The smallest absolute Gasteiger partial charge is 0.114 e. The van der Waals surface area contributed by atoms with Gasteiger partial charge in [-0.2, -0.15) is 0 Å². The summed E-state index contributed by atoms with van der Waals surface area (Å²) in [7, 11) is 0. The molecule has 1 aliphatic rings. The zero-order valence-corrected chi connectivity index (χ0v) is 15.8. The largest absolute Gasteiger partial charge is 0.394 e. The van der Waals surface area contributed by atoms with Crippen LogP contribution in [0.1, 0.15) is 71.1 Å². The summed E-state index contributed by atoms with van der Waals surface area (Å²) in [5.41, 5.74) is 0. The quantitative estimate of drug-likeness (QED) is 0.310. The predicted octanol–water partition coefficient (Wildman–Crippen LogP) is 2.96. The SMILES string of the molecule is CCCCCCCCCCC/C=C/CO[C@@H](CO)[C@@H]1OC[C@@H](O)[C@@H]1O. The number of ether oxygens (including phenoxy) is 2. The molecule has 1 saturated heterocycles. The highest BCUT2D eigenvalue weighted by Crippen LogP contribution is 2.19. The number of allylic oxidation sites excluding steroid dienone is 1. The molecule has 0 aliphatic carbocycles. The monoisotopic (exact) mass is 358 g/mol. The van der Waals surface area contributed by atoms with Crippen molar-refractivity contribution in [2.75, 3.05) is 19.8 Å². The fourth-order valence-corrected chi connectivity index (χ4v) is 3.14. The van der Waals surface area contributed by atoms with Crippen LogP contribution < -0.4 is 0 Å². The van der Waals surface area contributed by atoms with E-state index < -0.39 is 24.4 Å². The number of rotatable bonds is 15. The second-order valence-corrected chi connectivity index (χ2v) is 7.00. The number of hydrogen-bond acceptors (Lipinski definition) is 5. The van der Waals surface area contributed by atoms with Crippen molar-refractivity contribution in [2.45, 2.75) is 95.5 Å². The van der Waals surface area contributed by atoms with Crippen LogP contribution in [0.15, 0.2) is 12.2 Å². The first-order valence-electron chi connectivity index (χ1n) is 10.1. The number of hydrogen-bond donors (Lipinski definition) is 3. The van der Waals surface area contributed by atoms with Crippen LogP contribution in [-0.4, -0.2) is 59.6 Å². The van der Waals surface area contributed by atoms with Crippen molar-refractivity contribution in [3.05, 3.63) is 12.2 Å². The van der Waals surface area contributed by atoms with Crippen molar-refractivity contribution < 1.29 is 24.8 Å². The van der Waals surface area contributed by atoms with E-state index in [1.165, 1.54) is 57.8 Å². The van der Waals surface area contributed by atoms with Gasteiger partial charge in [-0.15, -0.1) is 0 Å². The Kier molecular flexibility index (Phi) is 13.3. The van der Waals surface area contributed by atoms with E-state index in [0.717, 1.165) is 6.42 Å². The van der Waals surface area contributed by atoms with Crippen LogP contribution in [0.2, 0.25) is 0 Å². The minimum atomic E-state index is -0.997. The molecule has 1 fully saturated rings. The molecule has 0 spiro atoms. The van der Waals surface area contributed by atoms with Crippen molar-refractivity contribution in [2.24, 2.45) is 0 Å². The molecule has 3 N–H and O–H groups in total. The molecule has 1 rings (SSSR count). The van der Waals surface area contributed by atoms with Crippen LogP contribution in [-0.2, 0) is 9.47 Å². The average molecular weight is 359 g/mol. The lowest BCUT2D eigenvalue weighted by atomic mass is 10.1. The van der Waals surface area contributed by atoms with Gasteiger partial charge >= 0.3 is 0 Å². The van der Waals surface area contributed by atoms with E-state index in [1.807, 2.05) is 6.08 Å². The molecular weight excluding hydrogens is 320 g/mol. The lowest BCUT2D eigenvalue weighted by molar-refractivity contribution is -0.0942. The Labute approximate surface area is 153 Å². The third kappa shape index (κ3) is 9.71. The molecule has 25 heavy (non-hydrogen) atoms. The average Bonchev–Trinajstić information content (AvgIpc) is 2.95. The van der Waals surface area contributed by atoms with E-state index in [0.29, 0.717) is 6.61 Å². The Morgan fingerprint density at radius 2 is 1.64 bits per heavy atom. The van der Waals surface area contributed by atoms with E-state index in [2.05, 4.69) is 13.0 Å². The van der Waals surface area contributed by atoms with Crippen LogP contribution >= 0.6 is 0 Å². The molecule has 0 aromatic carbocycles. The van der Waals surface area contributed by atoms with E-state index in [1.54, 1.807) is 0 Å². The van der Waals surface area contributed by atoms with E-state index in [4.69, 9.17) is 9.47 Å². The van der Waals surface area contributed by atoms with E-state index in [9.17, 15) is 15.3 Å². The maximum Gasteiger partial charge on any atom is 0.114 e. The highest BCUT2D eigenvalue weighted by Gasteiger charge is 2.40. The number of unbranched alkanes of at least 4 members (excludes halogenated alkanes) is 9. The summed E-state index contributed by atoms with van der Waals surface area (Å²) < 4.78 is 10.8. The highest BCUT2D eigenvalue weighted by atomic mass is 16.6. The molecule has 0 aromatic rings. The molecule has 1 aliphatic heterocycles. The van der Waals surface area contributed by atoms with Gasteiger partial charge in [-0.3, -0.25) is 0 Å². The first kappa shape index (κ1) is 22.6. The van der Waals surface area contributed by atoms with Crippen LogP contribution in [0, 0.1) is 0 Å². The first-order valence-corrected chi connectivity index (χ1v) is 10.1. The molecule has 5 nitrogen and oxygen atoms in total. The maximum absolute atomic E-state index is 9.78.